The summed E-state index contributed by atoms with van der Waals surface area (Å²) in [5.74, 6) is 1.01. The molecule has 1 heterocycles. The van der Waals surface area contributed by atoms with Gasteiger partial charge in [0, 0.05) is 11.6 Å². The molecule has 2 amide bonds. The molecule has 32 heavy (non-hydrogen) atoms. The highest BCUT2D eigenvalue weighted by Gasteiger charge is 2.18. The van der Waals surface area contributed by atoms with Crippen LogP contribution in [0.5, 0.6) is 11.5 Å². The lowest BCUT2D eigenvalue weighted by Gasteiger charge is -2.17. The number of amides is 2. The van der Waals surface area contributed by atoms with Gasteiger partial charge in [0.15, 0.2) is 0 Å². The van der Waals surface area contributed by atoms with Gasteiger partial charge in [-0.3, -0.25) is 9.59 Å². The lowest BCUT2D eigenvalue weighted by Crippen LogP contribution is -2.41. The van der Waals surface area contributed by atoms with Crippen molar-refractivity contribution in [2.24, 2.45) is 0 Å². The van der Waals surface area contributed by atoms with Gasteiger partial charge in [-0.25, -0.2) is 0 Å². The predicted octanol–water partition coefficient (Wildman–Crippen LogP) is 3.95. The SMILES string of the molecule is COc1ccc(OC[C@H](C)NC(=O)/C(=C/c2ccco2)NC(=O)c2ccccc2C)cc1. The molecule has 7 heteroatoms. The van der Waals surface area contributed by atoms with E-state index in [0.29, 0.717) is 17.1 Å². The van der Waals surface area contributed by atoms with Gasteiger partial charge in [0.05, 0.1) is 19.4 Å². The number of carbonyl (C=O) groups is 2. The Morgan fingerprint density at radius 2 is 1.75 bits per heavy atom. The van der Waals surface area contributed by atoms with E-state index >= 15 is 0 Å². The van der Waals surface area contributed by atoms with Crippen LogP contribution in [0.25, 0.3) is 6.08 Å². The van der Waals surface area contributed by atoms with Crippen molar-refractivity contribution in [3.05, 3.63) is 89.5 Å². The maximum absolute atomic E-state index is 12.9. The normalized spacial score (nSPS) is 12.0. The fraction of sp³-hybridized carbons (Fsp3) is 0.200. The molecule has 0 aliphatic rings. The smallest absolute Gasteiger partial charge is 0.268 e. The molecule has 0 aliphatic heterocycles. The van der Waals surface area contributed by atoms with Crippen LogP contribution >= 0.6 is 0 Å². The number of benzene rings is 2. The van der Waals surface area contributed by atoms with Crippen molar-refractivity contribution in [3.8, 4) is 11.5 Å². The molecule has 0 bridgehead atoms. The quantitative estimate of drug-likeness (QED) is 0.498. The van der Waals surface area contributed by atoms with Gasteiger partial charge in [0.25, 0.3) is 11.8 Å². The van der Waals surface area contributed by atoms with Gasteiger partial charge in [-0.1, -0.05) is 18.2 Å². The van der Waals surface area contributed by atoms with Crippen molar-refractivity contribution in [2.45, 2.75) is 19.9 Å². The molecule has 1 atom stereocenters. The zero-order chi connectivity index (χ0) is 22.9. The van der Waals surface area contributed by atoms with Crippen LogP contribution in [0.1, 0.15) is 28.6 Å². The molecule has 0 aliphatic carbocycles. The van der Waals surface area contributed by atoms with E-state index in [1.807, 2.05) is 26.0 Å². The van der Waals surface area contributed by atoms with Crippen molar-refractivity contribution < 1.29 is 23.5 Å². The Labute approximate surface area is 187 Å². The van der Waals surface area contributed by atoms with Crippen molar-refractivity contribution in [2.75, 3.05) is 13.7 Å². The number of methoxy groups -OCH3 is 1. The van der Waals surface area contributed by atoms with Gasteiger partial charge in [-0.15, -0.1) is 0 Å². The summed E-state index contributed by atoms with van der Waals surface area (Å²) >= 11 is 0. The zero-order valence-electron chi connectivity index (χ0n) is 18.3. The molecule has 0 spiro atoms. The Balaban J connectivity index is 1.66. The first kappa shape index (κ1) is 22.7. The maximum atomic E-state index is 12.9. The van der Waals surface area contributed by atoms with Gasteiger partial charge < -0.3 is 24.5 Å². The third kappa shape index (κ3) is 6.25. The van der Waals surface area contributed by atoms with Crippen molar-refractivity contribution in [3.63, 3.8) is 0 Å². The van der Waals surface area contributed by atoms with E-state index in [-0.39, 0.29) is 24.3 Å². The van der Waals surface area contributed by atoms with Gasteiger partial charge >= 0.3 is 0 Å². The summed E-state index contributed by atoms with van der Waals surface area (Å²) in [7, 11) is 1.60. The average molecular weight is 434 g/mol. The number of ether oxygens (including phenoxy) is 2. The fourth-order valence-corrected chi connectivity index (χ4v) is 2.93. The summed E-state index contributed by atoms with van der Waals surface area (Å²) in [6.07, 6.45) is 2.98. The van der Waals surface area contributed by atoms with Gasteiger partial charge in [-0.05, 0) is 61.9 Å². The highest BCUT2D eigenvalue weighted by atomic mass is 16.5. The average Bonchev–Trinajstić information content (AvgIpc) is 3.31. The van der Waals surface area contributed by atoms with Crippen LogP contribution in [0.3, 0.4) is 0 Å². The van der Waals surface area contributed by atoms with Crippen LogP contribution in [-0.2, 0) is 4.79 Å². The molecular weight excluding hydrogens is 408 g/mol. The molecule has 2 N–H and O–H groups in total. The molecule has 0 fully saturated rings. The van der Waals surface area contributed by atoms with Crippen LogP contribution < -0.4 is 20.1 Å². The zero-order valence-corrected chi connectivity index (χ0v) is 18.3. The summed E-state index contributed by atoms with van der Waals surface area (Å²) in [5.41, 5.74) is 1.37. The largest absolute Gasteiger partial charge is 0.497 e. The van der Waals surface area contributed by atoms with E-state index in [9.17, 15) is 9.59 Å². The predicted molar refractivity (Wildman–Crippen MR) is 121 cm³/mol. The van der Waals surface area contributed by atoms with E-state index in [0.717, 1.165) is 11.3 Å². The van der Waals surface area contributed by atoms with E-state index in [4.69, 9.17) is 13.9 Å². The highest BCUT2D eigenvalue weighted by molar-refractivity contribution is 6.05. The molecule has 3 aromatic rings. The third-order valence-electron chi connectivity index (χ3n) is 4.65. The van der Waals surface area contributed by atoms with Crippen LogP contribution in [-0.4, -0.2) is 31.6 Å². The van der Waals surface area contributed by atoms with E-state index in [1.165, 1.54) is 12.3 Å². The summed E-state index contributed by atoms with van der Waals surface area (Å²) < 4.78 is 16.2. The Bertz CT molecular complexity index is 1070. The first-order chi connectivity index (χ1) is 15.5. The van der Waals surface area contributed by atoms with Gasteiger partial charge in [0.1, 0.15) is 29.6 Å². The summed E-state index contributed by atoms with van der Waals surface area (Å²) in [6.45, 7) is 3.90. The Hall–Kier alpha value is -4.00. The highest BCUT2D eigenvalue weighted by Crippen LogP contribution is 2.17. The number of nitrogens with one attached hydrogen (secondary N) is 2. The van der Waals surface area contributed by atoms with E-state index in [1.54, 1.807) is 55.6 Å². The standard InChI is InChI=1S/C25H26N2O5/c1-17-7-4-5-9-22(17)24(28)27-23(15-21-8-6-14-31-21)25(29)26-18(2)16-32-20-12-10-19(30-3)11-13-20/h4-15,18H,16H2,1-3H3,(H,26,29)(H,27,28)/b23-15-/t18-/m0/s1. The number of rotatable bonds is 9. The number of hydrogen-bond acceptors (Lipinski definition) is 5. The second-order valence-corrected chi connectivity index (χ2v) is 7.20. The third-order valence-corrected chi connectivity index (χ3v) is 4.65. The fourth-order valence-electron chi connectivity index (χ4n) is 2.93. The minimum absolute atomic E-state index is 0.0736. The second kappa shape index (κ2) is 10.9. The van der Waals surface area contributed by atoms with Crippen molar-refractivity contribution >= 4 is 17.9 Å². The Morgan fingerprint density at radius 3 is 2.41 bits per heavy atom. The number of furan rings is 1. The van der Waals surface area contributed by atoms with E-state index < -0.39 is 5.91 Å². The summed E-state index contributed by atoms with van der Waals surface area (Å²) in [5, 5.41) is 5.54. The molecule has 7 nitrogen and oxygen atoms in total. The topological polar surface area (TPSA) is 89.8 Å². The molecule has 0 saturated carbocycles. The van der Waals surface area contributed by atoms with Crippen molar-refractivity contribution in [1.82, 2.24) is 10.6 Å². The molecule has 0 saturated heterocycles. The lowest BCUT2D eigenvalue weighted by molar-refractivity contribution is -0.118. The molecule has 2 aromatic carbocycles. The number of carbonyl (C=O) groups excluding carboxylic acids is 2. The van der Waals surface area contributed by atoms with Crippen LogP contribution in [0.2, 0.25) is 0 Å². The van der Waals surface area contributed by atoms with Gasteiger partial charge in [-0.2, -0.15) is 0 Å². The van der Waals surface area contributed by atoms with Crippen LogP contribution in [0.4, 0.5) is 0 Å². The molecule has 0 unspecified atom stereocenters. The molecular formula is C25H26N2O5. The number of hydrogen-bond donors (Lipinski definition) is 2. The number of aryl methyl sites for hydroxylation is 1. The maximum Gasteiger partial charge on any atom is 0.268 e. The minimum atomic E-state index is -0.450. The Kier molecular flexibility index (Phi) is 7.70. The molecule has 1 aromatic heterocycles. The first-order valence-electron chi connectivity index (χ1n) is 10.2. The Morgan fingerprint density at radius 1 is 1.03 bits per heavy atom. The minimum Gasteiger partial charge on any atom is -0.497 e. The monoisotopic (exact) mass is 434 g/mol. The molecule has 3 rings (SSSR count). The van der Waals surface area contributed by atoms with Crippen LogP contribution in [0.15, 0.2) is 77.0 Å². The van der Waals surface area contributed by atoms with Gasteiger partial charge in [0.2, 0.25) is 0 Å². The first-order valence-corrected chi connectivity index (χ1v) is 10.2. The summed E-state index contributed by atoms with van der Waals surface area (Å²) in [6, 6.07) is 17.4. The molecule has 0 radical (unpaired) electrons. The van der Waals surface area contributed by atoms with Crippen LogP contribution in [0, 0.1) is 6.92 Å². The van der Waals surface area contributed by atoms with E-state index in [2.05, 4.69) is 10.6 Å². The summed E-state index contributed by atoms with van der Waals surface area (Å²) in [4.78, 5) is 25.7. The van der Waals surface area contributed by atoms with Crippen molar-refractivity contribution in [1.29, 1.82) is 0 Å². The second-order valence-electron chi connectivity index (χ2n) is 7.20. The molecule has 166 valence electrons. The lowest BCUT2D eigenvalue weighted by atomic mass is 10.1.